The van der Waals surface area contributed by atoms with E-state index < -0.39 is 12.8 Å². The molecule has 0 saturated heterocycles. The topological polar surface area (TPSA) is 48.3 Å². The molecule has 18 heavy (non-hydrogen) atoms. The second-order valence-corrected chi connectivity index (χ2v) is 3.58. The van der Waals surface area contributed by atoms with Crippen LogP contribution in [0.4, 0.5) is 13.2 Å². The van der Waals surface area contributed by atoms with Crippen LogP contribution in [0.2, 0.25) is 0 Å². The minimum atomic E-state index is -4.31. The van der Waals surface area contributed by atoms with Gasteiger partial charge in [-0.1, -0.05) is 0 Å². The molecule has 0 aliphatic carbocycles. The summed E-state index contributed by atoms with van der Waals surface area (Å²) in [4.78, 5) is 4.03. The van der Waals surface area contributed by atoms with Crippen molar-refractivity contribution in [1.82, 2.24) is 14.9 Å². The minimum absolute atomic E-state index is 0.166. The first-order chi connectivity index (χ1) is 8.53. The maximum atomic E-state index is 11.9. The Morgan fingerprint density at radius 3 is 2.89 bits per heavy atom. The van der Waals surface area contributed by atoms with Crippen molar-refractivity contribution in [2.75, 3.05) is 26.9 Å². The Hall–Kier alpha value is -1.12. The fraction of sp³-hybridized carbons (Fsp3) is 0.700. The van der Waals surface area contributed by atoms with Crippen LogP contribution in [0.25, 0.3) is 0 Å². The van der Waals surface area contributed by atoms with Gasteiger partial charge in [-0.2, -0.15) is 13.2 Å². The van der Waals surface area contributed by atoms with Gasteiger partial charge in [0.25, 0.3) is 0 Å². The zero-order valence-electron chi connectivity index (χ0n) is 10.0. The van der Waals surface area contributed by atoms with Crippen LogP contribution < -0.4 is 5.32 Å². The summed E-state index contributed by atoms with van der Waals surface area (Å²) in [5, 5.41) is 3.05. The molecule has 0 saturated carbocycles. The SMILES string of the molecule is COCCNCc1nccn1COCC(F)(F)F. The molecule has 0 fully saturated rings. The number of aromatic nitrogens is 2. The lowest BCUT2D eigenvalue weighted by Gasteiger charge is -2.11. The van der Waals surface area contributed by atoms with E-state index in [4.69, 9.17) is 4.74 Å². The molecule has 8 heteroatoms. The number of halogens is 3. The van der Waals surface area contributed by atoms with Crippen LogP contribution in [0.3, 0.4) is 0 Å². The molecule has 0 spiro atoms. The Bertz CT molecular complexity index is 341. The first kappa shape index (κ1) is 14.9. The van der Waals surface area contributed by atoms with Crippen molar-refractivity contribution < 1.29 is 22.6 Å². The van der Waals surface area contributed by atoms with Gasteiger partial charge in [-0.05, 0) is 0 Å². The maximum Gasteiger partial charge on any atom is 0.411 e. The van der Waals surface area contributed by atoms with Crippen molar-refractivity contribution >= 4 is 0 Å². The van der Waals surface area contributed by atoms with Crippen LogP contribution in [0.1, 0.15) is 5.82 Å². The summed E-state index contributed by atoms with van der Waals surface area (Å²) in [7, 11) is 1.59. The molecule has 0 unspecified atom stereocenters. The highest BCUT2D eigenvalue weighted by Gasteiger charge is 2.27. The fourth-order valence-corrected chi connectivity index (χ4v) is 1.26. The summed E-state index contributed by atoms with van der Waals surface area (Å²) < 4.78 is 46.6. The van der Waals surface area contributed by atoms with Crippen LogP contribution >= 0.6 is 0 Å². The molecule has 104 valence electrons. The van der Waals surface area contributed by atoms with E-state index in [0.717, 1.165) is 0 Å². The van der Waals surface area contributed by atoms with Gasteiger partial charge in [-0.15, -0.1) is 0 Å². The predicted molar refractivity (Wildman–Crippen MR) is 57.8 cm³/mol. The second-order valence-electron chi connectivity index (χ2n) is 3.58. The Balaban J connectivity index is 2.31. The van der Waals surface area contributed by atoms with Crippen LogP contribution in [0.5, 0.6) is 0 Å². The van der Waals surface area contributed by atoms with Gasteiger partial charge in [0.15, 0.2) is 0 Å². The van der Waals surface area contributed by atoms with Gasteiger partial charge in [-0.25, -0.2) is 4.98 Å². The van der Waals surface area contributed by atoms with Gasteiger partial charge in [0.05, 0.1) is 13.2 Å². The normalized spacial score (nSPS) is 12.0. The number of hydrogen-bond acceptors (Lipinski definition) is 4. The highest BCUT2D eigenvalue weighted by atomic mass is 19.4. The molecule has 1 heterocycles. The number of alkyl halides is 3. The number of nitrogens with zero attached hydrogens (tertiary/aromatic N) is 2. The lowest BCUT2D eigenvalue weighted by molar-refractivity contribution is -0.182. The maximum absolute atomic E-state index is 11.9. The molecule has 0 aromatic carbocycles. The van der Waals surface area contributed by atoms with Gasteiger partial charge in [0.1, 0.15) is 19.2 Å². The van der Waals surface area contributed by atoms with E-state index in [9.17, 15) is 13.2 Å². The Kier molecular flexibility index (Phi) is 6.10. The van der Waals surface area contributed by atoms with E-state index in [1.807, 2.05) is 0 Å². The van der Waals surface area contributed by atoms with E-state index in [-0.39, 0.29) is 6.73 Å². The lowest BCUT2D eigenvalue weighted by Crippen LogP contribution is -2.22. The van der Waals surface area contributed by atoms with Crippen molar-refractivity contribution in [1.29, 1.82) is 0 Å². The first-order valence-electron chi connectivity index (χ1n) is 5.37. The third-order valence-corrected chi connectivity index (χ3v) is 2.06. The number of nitrogens with one attached hydrogen (secondary N) is 1. The van der Waals surface area contributed by atoms with E-state index in [0.29, 0.717) is 25.5 Å². The Morgan fingerprint density at radius 1 is 1.44 bits per heavy atom. The Labute approximate surface area is 103 Å². The zero-order chi connectivity index (χ0) is 13.4. The van der Waals surface area contributed by atoms with Crippen molar-refractivity contribution in [2.45, 2.75) is 19.5 Å². The molecule has 5 nitrogen and oxygen atoms in total. The number of rotatable bonds is 8. The van der Waals surface area contributed by atoms with Crippen molar-refractivity contribution in [2.24, 2.45) is 0 Å². The standard InChI is InChI=1S/C10H16F3N3O2/c1-17-5-3-14-6-9-15-2-4-16(9)8-18-7-10(11,12)13/h2,4,14H,3,5-8H2,1H3. The largest absolute Gasteiger partial charge is 0.411 e. The molecule has 0 radical (unpaired) electrons. The highest BCUT2D eigenvalue weighted by Crippen LogP contribution is 2.14. The molecular formula is C10H16F3N3O2. The van der Waals surface area contributed by atoms with Gasteiger partial charge in [-0.3, -0.25) is 0 Å². The van der Waals surface area contributed by atoms with Crippen molar-refractivity contribution in [3.63, 3.8) is 0 Å². The highest BCUT2D eigenvalue weighted by molar-refractivity contribution is 4.91. The number of hydrogen-bond donors (Lipinski definition) is 1. The third-order valence-electron chi connectivity index (χ3n) is 2.06. The minimum Gasteiger partial charge on any atom is -0.383 e. The van der Waals surface area contributed by atoms with E-state index in [1.54, 1.807) is 13.3 Å². The Morgan fingerprint density at radius 2 is 2.22 bits per heavy atom. The molecule has 0 atom stereocenters. The van der Waals surface area contributed by atoms with Crippen LogP contribution in [0.15, 0.2) is 12.4 Å². The predicted octanol–water partition coefficient (Wildman–Crippen LogP) is 1.16. The summed E-state index contributed by atoms with van der Waals surface area (Å²) in [6.07, 6.45) is -1.22. The first-order valence-corrected chi connectivity index (χ1v) is 5.37. The van der Waals surface area contributed by atoms with Crippen LogP contribution in [-0.2, 0) is 22.7 Å². The second kappa shape index (κ2) is 7.34. The van der Waals surface area contributed by atoms with Crippen molar-refractivity contribution in [3.8, 4) is 0 Å². The number of ether oxygens (including phenoxy) is 2. The summed E-state index contributed by atoms with van der Waals surface area (Å²) in [6.45, 7) is 0.228. The number of imidazole rings is 1. The average Bonchev–Trinajstić information content (AvgIpc) is 2.71. The molecule has 0 aliphatic heterocycles. The van der Waals surface area contributed by atoms with E-state index >= 15 is 0 Å². The zero-order valence-corrected chi connectivity index (χ0v) is 10.0. The summed E-state index contributed by atoms with van der Waals surface area (Å²) in [6, 6.07) is 0. The molecule has 1 rings (SSSR count). The smallest absolute Gasteiger partial charge is 0.383 e. The quantitative estimate of drug-likeness (QED) is 0.718. The van der Waals surface area contributed by atoms with E-state index in [2.05, 4.69) is 15.0 Å². The lowest BCUT2D eigenvalue weighted by atomic mass is 10.5. The third kappa shape index (κ3) is 5.99. The monoisotopic (exact) mass is 267 g/mol. The molecule has 0 aliphatic rings. The van der Waals surface area contributed by atoms with Crippen LogP contribution in [0, 0.1) is 0 Å². The molecule has 0 amide bonds. The fourth-order valence-electron chi connectivity index (χ4n) is 1.26. The summed E-state index contributed by atoms with van der Waals surface area (Å²) >= 11 is 0. The van der Waals surface area contributed by atoms with Gasteiger partial charge < -0.3 is 19.4 Å². The van der Waals surface area contributed by atoms with Crippen LogP contribution in [-0.4, -0.2) is 42.6 Å². The van der Waals surface area contributed by atoms with Gasteiger partial charge >= 0.3 is 6.18 Å². The van der Waals surface area contributed by atoms with Crippen molar-refractivity contribution in [3.05, 3.63) is 18.2 Å². The number of methoxy groups -OCH3 is 1. The van der Waals surface area contributed by atoms with Gasteiger partial charge in [0.2, 0.25) is 0 Å². The van der Waals surface area contributed by atoms with Gasteiger partial charge in [0, 0.05) is 26.0 Å². The molecular weight excluding hydrogens is 251 g/mol. The molecule has 1 N–H and O–H groups in total. The molecule has 0 bridgehead atoms. The summed E-state index contributed by atoms with van der Waals surface area (Å²) in [5.41, 5.74) is 0. The molecule has 1 aromatic rings. The average molecular weight is 267 g/mol. The molecule has 1 aromatic heterocycles. The summed E-state index contributed by atoms with van der Waals surface area (Å²) in [5.74, 6) is 0.619. The van der Waals surface area contributed by atoms with E-state index in [1.165, 1.54) is 10.8 Å².